The second-order valence-corrected chi connectivity index (χ2v) is 10.7. The van der Waals surface area contributed by atoms with Crippen LogP contribution in [0.3, 0.4) is 0 Å². The van der Waals surface area contributed by atoms with Crippen LogP contribution in [0.1, 0.15) is 41.1 Å². The van der Waals surface area contributed by atoms with Crippen molar-refractivity contribution in [3.63, 3.8) is 0 Å². The molecular formula is C25H22Cl3N3O4S. The van der Waals surface area contributed by atoms with Crippen molar-refractivity contribution < 1.29 is 19.4 Å². The average Bonchev–Trinajstić information content (AvgIpc) is 3.45. The lowest BCUT2D eigenvalue weighted by atomic mass is 10.1. The van der Waals surface area contributed by atoms with Gasteiger partial charge in [0.05, 0.1) is 26.1 Å². The molecule has 1 fully saturated rings. The van der Waals surface area contributed by atoms with Gasteiger partial charge in [-0.3, -0.25) is 4.57 Å². The first kappa shape index (κ1) is 25.2. The van der Waals surface area contributed by atoms with Gasteiger partial charge in [0, 0.05) is 11.6 Å². The number of thiophene rings is 1. The average molecular weight is 567 g/mol. The third-order valence-corrected chi connectivity index (χ3v) is 8.25. The molecule has 1 aliphatic heterocycles. The Morgan fingerprint density at radius 1 is 1.17 bits per heavy atom. The fraction of sp³-hybridized carbons (Fsp3) is 0.280. The number of rotatable bonds is 7. The van der Waals surface area contributed by atoms with Gasteiger partial charge in [0.15, 0.2) is 4.88 Å². The molecule has 2 aromatic carbocycles. The highest BCUT2D eigenvalue weighted by Crippen LogP contribution is 2.40. The molecule has 0 saturated carbocycles. The minimum absolute atomic E-state index is 0.0667. The Kier molecular flexibility index (Phi) is 7.32. The number of hydrogen-bond donors (Lipinski definition) is 2. The van der Waals surface area contributed by atoms with Crippen LogP contribution in [0.2, 0.25) is 15.1 Å². The van der Waals surface area contributed by atoms with Crippen molar-refractivity contribution in [2.75, 3.05) is 13.1 Å². The number of fused-ring (bicyclic) bond motifs is 1. The van der Waals surface area contributed by atoms with Crippen LogP contribution in [0.15, 0.2) is 42.7 Å². The number of halogens is 3. The summed E-state index contributed by atoms with van der Waals surface area (Å²) in [7, 11) is 0. The van der Waals surface area contributed by atoms with Gasteiger partial charge in [0.25, 0.3) is 0 Å². The van der Waals surface area contributed by atoms with E-state index >= 15 is 0 Å². The Labute approximate surface area is 226 Å². The molecule has 0 bridgehead atoms. The third kappa shape index (κ3) is 5.01. The van der Waals surface area contributed by atoms with Crippen LogP contribution in [-0.4, -0.2) is 39.8 Å². The summed E-state index contributed by atoms with van der Waals surface area (Å²) >= 11 is 20.1. The van der Waals surface area contributed by atoms with E-state index in [0.29, 0.717) is 42.4 Å². The molecular weight excluding hydrogens is 545 g/mol. The van der Waals surface area contributed by atoms with Gasteiger partial charge in [-0.15, -0.1) is 11.3 Å². The summed E-state index contributed by atoms with van der Waals surface area (Å²) in [5.74, 6) is -0.257. The smallest absolute Gasteiger partial charge is 0.349 e. The molecule has 2 aromatic heterocycles. The fourth-order valence-electron chi connectivity index (χ4n) is 4.18. The van der Waals surface area contributed by atoms with Crippen LogP contribution in [0, 0.1) is 0 Å². The van der Waals surface area contributed by atoms with E-state index in [1.165, 1.54) is 0 Å². The summed E-state index contributed by atoms with van der Waals surface area (Å²) in [5, 5.41) is 15.0. The molecule has 5 rings (SSSR count). The lowest BCUT2D eigenvalue weighted by Crippen LogP contribution is -2.34. The number of benzene rings is 2. The summed E-state index contributed by atoms with van der Waals surface area (Å²) in [5.41, 5.74) is 2.05. The quantitative estimate of drug-likeness (QED) is 0.250. The van der Waals surface area contributed by atoms with E-state index in [0.717, 1.165) is 37.3 Å². The van der Waals surface area contributed by atoms with Gasteiger partial charge in [-0.05, 0) is 51.1 Å². The molecule has 7 nitrogen and oxygen atoms in total. The van der Waals surface area contributed by atoms with Gasteiger partial charge in [-0.25, -0.2) is 9.78 Å². The summed E-state index contributed by atoms with van der Waals surface area (Å²) < 4.78 is 14.1. The largest absolute Gasteiger partial charge is 0.489 e. The molecule has 0 radical (unpaired) electrons. The van der Waals surface area contributed by atoms with Crippen molar-refractivity contribution in [1.82, 2.24) is 14.9 Å². The predicted octanol–water partition coefficient (Wildman–Crippen LogP) is 7.02. The number of aromatic carboxylic acids is 1. The maximum absolute atomic E-state index is 12.0. The van der Waals surface area contributed by atoms with Gasteiger partial charge >= 0.3 is 5.97 Å². The van der Waals surface area contributed by atoms with Crippen LogP contribution in [0.4, 0.5) is 0 Å². The number of hydrogen-bond acceptors (Lipinski definition) is 6. The molecule has 4 aromatic rings. The highest BCUT2D eigenvalue weighted by molar-refractivity contribution is 7.16. The van der Waals surface area contributed by atoms with Gasteiger partial charge in [0.2, 0.25) is 0 Å². The van der Waals surface area contributed by atoms with Gasteiger partial charge in [-0.2, -0.15) is 0 Å². The molecule has 3 heterocycles. The lowest BCUT2D eigenvalue weighted by molar-refractivity contribution is 0.0695. The van der Waals surface area contributed by atoms with E-state index in [-0.39, 0.29) is 16.7 Å². The molecule has 0 spiro atoms. The van der Waals surface area contributed by atoms with E-state index in [2.05, 4.69) is 10.3 Å². The van der Waals surface area contributed by atoms with Gasteiger partial charge in [0.1, 0.15) is 35.0 Å². The zero-order valence-electron chi connectivity index (χ0n) is 19.1. The van der Waals surface area contributed by atoms with Gasteiger partial charge < -0.3 is 19.9 Å². The molecule has 1 saturated heterocycles. The molecule has 2 N–H and O–H groups in total. The second kappa shape index (κ2) is 10.5. The van der Waals surface area contributed by atoms with E-state index in [9.17, 15) is 9.90 Å². The van der Waals surface area contributed by atoms with Crippen molar-refractivity contribution in [2.45, 2.75) is 32.0 Å². The Hall–Kier alpha value is -2.49. The molecule has 36 heavy (non-hydrogen) atoms. The second-order valence-electron chi connectivity index (χ2n) is 8.44. The van der Waals surface area contributed by atoms with Crippen LogP contribution in [-0.2, 0) is 0 Å². The van der Waals surface area contributed by atoms with E-state index in [1.807, 2.05) is 25.1 Å². The number of aromatic nitrogens is 2. The summed E-state index contributed by atoms with van der Waals surface area (Å²) in [6.45, 7) is 3.64. The number of carbonyl (C=O) groups is 1. The fourth-order valence-corrected chi connectivity index (χ4v) is 5.73. The summed E-state index contributed by atoms with van der Waals surface area (Å²) in [6.07, 6.45) is 2.99. The van der Waals surface area contributed by atoms with Crippen molar-refractivity contribution in [2.24, 2.45) is 0 Å². The number of carboxylic acid groups (broad SMARTS) is 1. The third-order valence-electron chi connectivity index (χ3n) is 6.02. The predicted molar refractivity (Wildman–Crippen MR) is 143 cm³/mol. The number of ether oxygens (including phenoxy) is 2. The Bertz CT molecular complexity index is 1430. The maximum atomic E-state index is 12.0. The molecule has 1 atom stereocenters. The Morgan fingerprint density at radius 2 is 1.92 bits per heavy atom. The zero-order valence-corrected chi connectivity index (χ0v) is 22.2. The minimum atomic E-state index is -1.09. The van der Waals surface area contributed by atoms with Crippen molar-refractivity contribution in [3.8, 4) is 16.5 Å². The molecule has 0 amide bonds. The SMILES string of the molecule is C[C@@H](Oc1cc(-n2cnc3cc(Cl)c(Cl)cc32)sc1C(=O)O)c1cccc(OC2CCNCC2)c1Cl. The Balaban J connectivity index is 1.43. The van der Waals surface area contributed by atoms with E-state index < -0.39 is 12.1 Å². The van der Waals surface area contributed by atoms with Crippen molar-refractivity contribution >= 4 is 63.1 Å². The molecule has 11 heteroatoms. The molecule has 0 aliphatic carbocycles. The maximum Gasteiger partial charge on any atom is 0.349 e. The van der Waals surface area contributed by atoms with E-state index in [1.54, 1.807) is 29.1 Å². The molecule has 188 valence electrons. The number of imidazole rings is 1. The molecule has 1 aliphatic rings. The van der Waals surface area contributed by atoms with Gasteiger partial charge in [-0.1, -0.05) is 46.9 Å². The highest BCUT2D eigenvalue weighted by atomic mass is 35.5. The number of carboxylic acids is 1. The topological polar surface area (TPSA) is 85.6 Å². The number of nitrogens with one attached hydrogen (secondary N) is 1. The van der Waals surface area contributed by atoms with Crippen molar-refractivity contribution in [1.29, 1.82) is 0 Å². The first-order chi connectivity index (χ1) is 17.3. The van der Waals surface area contributed by atoms with Crippen LogP contribution in [0.25, 0.3) is 16.0 Å². The minimum Gasteiger partial charge on any atom is -0.489 e. The lowest BCUT2D eigenvalue weighted by Gasteiger charge is -2.25. The summed E-state index contributed by atoms with van der Waals surface area (Å²) in [6, 6.07) is 10.6. The Morgan fingerprint density at radius 3 is 2.67 bits per heavy atom. The van der Waals surface area contributed by atoms with Crippen LogP contribution < -0.4 is 14.8 Å². The highest BCUT2D eigenvalue weighted by Gasteiger charge is 2.24. The molecule has 0 unspecified atom stereocenters. The summed E-state index contributed by atoms with van der Waals surface area (Å²) in [4.78, 5) is 16.5. The van der Waals surface area contributed by atoms with Crippen LogP contribution >= 0.6 is 46.1 Å². The van der Waals surface area contributed by atoms with E-state index in [4.69, 9.17) is 44.3 Å². The monoisotopic (exact) mass is 565 g/mol. The standard InChI is InChI=1S/C25H22Cl3N3O4S/c1-13(15-3-2-4-20(23(15)28)35-14-5-7-29-8-6-14)34-21-11-22(36-24(21)25(32)33)31-12-30-18-9-16(26)17(27)10-19(18)31/h2-4,9-14,29H,5-8H2,1H3,(H,32,33)/t13-/m1/s1. The number of piperidine rings is 1. The first-order valence-electron chi connectivity index (χ1n) is 11.3. The number of nitrogens with zero attached hydrogens (tertiary/aromatic N) is 2. The van der Waals surface area contributed by atoms with Crippen molar-refractivity contribution in [3.05, 3.63) is 68.2 Å². The first-order valence-corrected chi connectivity index (χ1v) is 13.3. The zero-order chi connectivity index (χ0) is 25.4. The van der Waals surface area contributed by atoms with Crippen LogP contribution in [0.5, 0.6) is 11.5 Å². The normalized spacial score (nSPS) is 15.2.